The Bertz CT molecular complexity index is 995. The molecule has 0 spiro atoms. The molecule has 2 aromatic heterocycles. The van der Waals surface area contributed by atoms with Crippen molar-refractivity contribution in [1.29, 1.82) is 0 Å². The number of nitrogens with one attached hydrogen (secondary N) is 1. The van der Waals surface area contributed by atoms with E-state index in [4.69, 9.17) is 16.3 Å². The highest BCUT2D eigenvalue weighted by Gasteiger charge is 2.26. The number of carbonyl (C=O) groups is 1. The highest BCUT2D eigenvalue weighted by Crippen LogP contribution is 2.30. The lowest BCUT2D eigenvalue weighted by Crippen LogP contribution is -2.36. The third kappa shape index (κ3) is 6.33. The van der Waals surface area contributed by atoms with E-state index in [1.165, 1.54) is 16.9 Å². The molecule has 10 heteroatoms. The molecule has 0 radical (unpaired) electrons. The molecule has 1 atom stereocenters. The summed E-state index contributed by atoms with van der Waals surface area (Å²) in [5, 5.41) is 16.9. The van der Waals surface area contributed by atoms with Gasteiger partial charge in [-0.3, -0.25) is 0 Å². The maximum atomic E-state index is 12.3. The molecule has 7 nitrogen and oxygen atoms in total. The number of ether oxygens (including phenoxy) is 1. The lowest BCUT2D eigenvalue weighted by molar-refractivity contribution is 0.0494. The molecule has 0 fully saturated rings. The van der Waals surface area contributed by atoms with Gasteiger partial charge in [0.15, 0.2) is 10.2 Å². The Morgan fingerprint density at radius 1 is 1.27 bits per heavy atom. The van der Waals surface area contributed by atoms with Crippen LogP contribution in [0.1, 0.15) is 58.5 Å². The number of aromatic nitrogens is 4. The average Bonchev–Trinajstić information content (AvgIpc) is 3.18. The molecule has 2 heterocycles. The van der Waals surface area contributed by atoms with Crippen molar-refractivity contribution in [3.8, 4) is 0 Å². The highest BCUT2D eigenvalue weighted by atomic mass is 35.5. The molecule has 0 aliphatic heterocycles. The van der Waals surface area contributed by atoms with Crippen molar-refractivity contribution >= 4 is 45.8 Å². The minimum Gasteiger partial charge on any atom is -0.444 e. The molecule has 0 bridgehead atoms. The van der Waals surface area contributed by atoms with Crippen LogP contribution in [0.5, 0.6) is 0 Å². The van der Waals surface area contributed by atoms with E-state index < -0.39 is 11.7 Å². The fourth-order valence-electron chi connectivity index (χ4n) is 2.77. The number of hydrogen-bond donors (Lipinski definition) is 1. The topological polar surface area (TPSA) is 81.4 Å². The van der Waals surface area contributed by atoms with Crippen LogP contribution in [0.15, 0.2) is 28.6 Å². The van der Waals surface area contributed by atoms with Crippen LogP contribution in [0, 0.1) is 5.92 Å². The van der Waals surface area contributed by atoms with Crippen LogP contribution in [-0.4, -0.2) is 31.5 Å². The van der Waals surface area contributed by atoms with E-state index in [-0.39, 0.29) is 6.04 Å². The third-order valence-corrected chi connectivity index (χ3v) is 6.34. The molecule has 162 valence electrons. The first-order valence-corrected chi connectivity index (χ1v) is 11.9. The largest absolute Gasteiger partial charge is 0.444 e. The van der Waals surface area contributed by atoms with Crippen molar-refractivity contribution in [2.24, 2.45) is 5.92 Å². The quantitative estimate of drug-likeness (QED) is 0.446. The normalized spacial score (nSPS) is 13.0. The van der Waals surface area contributed by atoms with Crippen molar-refractivity contribution < 1.29 is 9.53 Å². The molecule has 1 aromatic carbocycles. The zero-order chi connectivity index (χ0) is 21.9. The SMILES string of the molecule is CC(C)CC(NC(=O)OC(C)(C)C)c1nnc2sc(SCc3ccc(Cl)cc3)nn12. The second kappa shape index (κ2) is 9.53. The molecule has 0 saturated carbocycles. The molecule has 0 saturated heterocycles. The van der Waals surface area contributed by atoms with Gasteiger partial charge >= 0.3 is 6.09 Å². The second-order valence-corrected chi connectivity index (χ2v) is 11.0. The highest BCUT2D eigenvalue weighted by molar-refractivity contribution is 8.00. The summed E-state index contributed by atoms with van der Waals surface area (Å²) in [6.07, 6.45) is 0.225. The van der Waals surface area contributed by atoms with E-state index >= 15 is 0 Å². The number of rotatable bonds is 7. The zero-order valence-electron chi connectivity index (χ0n) is 17.7. The van der Waals surface area contributed by atoms with Gasteiger partial charge in [0.25, 0.3) is 0 Å². The summed E-state index contributed by atoms with van der Waals surface area (Å²) in [5.41, 5.74) is 0.596. The van der Waals surface area contributed by atoms with Gasteiger partial charge in [-0.05, 0) is 50.8 Å². The van der Waals surface area contributed by atoms with Crippen molar-refractivity contribution in [1.82, 2.24) is 25.1 Å². The number of alkyl carbamates (subject to hydrolysis) is 1. The summed E-state index contributed by atoms with van der Waals surface area (Å²) >= 11 is 9.05. The molecule has 0 aliphatic carbocycles. The molecule has 1 amide bonds. The predicted molar refractivity (Wildman–Crippen MR) is 121 cm³/mol. The minimum absolute atomic E-state index is 0.342. The second-order valence-electron chi connectivity index (χ2n) is 8.36. The van der Waals surface area contributed by atoms with E-state index in [1.807, 2.05) is 45.0 Å². The van der Waals surface area contributed by atoms with Gasteiger partial charge in [-0.2, -0.15) is 4.52 Å². The van der Waals surface area contributed by atoms with Gasteiger partial charge < -0.3 is 10.1 Å². The van der Waals surface area contributed by atoms with E-state index in [2.05, 4.69) is 34.5 Å². The Labute approximate surface area is 189 Å². The van der Waals surface area contributed by atoms with Crippen LogP contribution >= 0.6 is 34.7 Å². The smallest absolute Gasteiger partial charge is 0.408 e. The Hall–Kier alpha value is -1.84. The van der Waals surface area contributed by atoms with Crippen molar-refractivity contribution in [3.63, 3.8) is 0 Å². The minimum atomic E-state index is -0.571. The summed E-state index contributed by atoms with van der Waals surface area (Å²) in [7, 11) is 0. The van der Waals surface area contributed by atoms with E-state index in [0.717, 1.165) is 15.1 Å². The third-order valence-electron chi connectivity index (χ3n) is 3.98. The molecule has 30 heavy (non-hydrogen) atoms. The lowest BCUT2D eigenvalue weighted by atomic mass is 10.0. The number of amides is 1. The molecular formula is C20H26ClN5O2S2. The van der Waals surface area contributed by atoms with Crippen LogP contribution < -0.4 is 5.32 Å². The van der Waals surface area contributed by atoms with Crippen LogP contribution in [0.25, 0.3) is 4.96 Å². The predicted octanol–water partition coefficient (Wildman–Crippen LogP) is 5.74. The first-order valence-electron chi connectivity index (χ1n) is 9.69. The molecule has 0 aliphatic rings. The first-order chi connectivity index (χ1) is 14.1. The maximum Gasteiger partial charge on any atom is 0.408 e. The average molecular weight is 468 g/mol. The zero-order valence-corrected chi connectivity index (χ0v) is 20.1. The maximum absolute atomic E-state index is 12.3. The number of halogens is 1. The summed E-state index contributed by atoms with van der Waals surface area (Å²) in [6, 6.07) is 7.43. The van der Waals surface area contributed by atoms with Gasteiger partial charge in [-0.1, -0.05) is 60.7 Å². The Morgan fingerprint density at radius 3 is 2.60 bits per heavy atom. The van der Waals surface area contributed by atoms with Gasteiger partial charge in [0.1, 0.15) is 5.60 Å². The summed E-state index contributed by atoms with van der Waals surface area (Å²) in [6.45, 7) is 9.70. The number of carbonyl (C=O) groups excluding carboxylic acids is 1. The summed E-state index contributed by atoms with van der Waals surface area (Å²) in [5.74, 6) is 1.73. The van der Waals surface area contributed by atoms with Gasteiger partial charge in [-0.15, -0.1) is 15.3 Å². The van der Waals surface area contributed by atoms with Crippen LogP contribution in [-0.2, 0) is 10.5 Å². The van der Waals surface area contributed by atoms with Crippen LogP contribution in [0.3, 0.4) is 0 Å². The van der Waals surface area contributed by atoms with Crippen molar-refractivity contribution in [2.45, 2.75) is 62.8 Å². The summed E-state index contributed by atoms with van der Waals surface area (Å²) < 4.78 is 8.03. The Balaban J connectivity index is 1.76. The Morgan fingerprint density at radius 2 is 1.97 bits per heavy atom. The fourth-order valence-corrected chi connectivity index (χ4v) is 4.73. The number of fused-ring (bicyclic) bond motifs is 1. The monoisotopic (exact) mass is 467 g/mol. The number of nitrogens with zero attached hydrogens (tertiary/aromatic N) is 4. The molecule has 3 rings (SSSR count). The standard InChI is InChI=1S/C20H26ClN5O2S2/c1-12(2)10-15(22-18(27)28-20(3,4)5)16-23-24-17-26(16)25-19(30-17)29-11-13-6-8-14(21)9-7-13/h6-9,12,15H,10-11H2,1-5H3,(H,22,27). The van der Waals surface area contributed by atoms with Crippen molar-refractivity contribution in [2.75, 3.05) is 0 Å². The molecule has 1 unspecified atom stereocenters. The fraction of sp³-hybridized carbons (Fsp3) is 0.500. The van der Waals surface area contributed by atoms with Crippen molar-refractivity contribution in [3.05, 3.63) is 40.7 Å². The van der Waals surface area contributed by atoms with E-state index in [0.29, 0.717) is 23.1 Å². The van der Waals surface area contributed by atoms with Gasteiger partial charge in [0.2, 0.25) is 4.96 Å². The molecule has 3 aromatic rings. The van der Waals surface area contributed by atoms with Crippen LogP contribution in [0.2, 0.25) is 5.02 Å². The number of hydrogen-bond acceptors (Lipinski definition) is 7. The van der Waals surface area contributed by atoms with Gasteiger partial charge in [-0.25, -0.2) is 4.79 Å². The van der Waals surface area contributed by atoms with Gasteiger partial charge in [0, 0.05) is 10.8 Å². The van der Waals surface area contributed by atoms with Crippen LogP contribution in [0.4, 0.5) is 4.79 Å². The lowest BCUT2D eigenvalue weighted by Gasteiger charge is -2.23. The number of thioether (sulfide) groups is 1. The molecular weight excluding hydrogens is 442 g/mol. The first kappa shape index (κ1) is 22.8. The molecule has 1 N–H and O–H groups in total. The summed E-state index contributed by atoms with van der Waals surface area (Å²) in [4.78, 5) is 13.0. The van der Waals surface area contributed by atoms with Gasteiger partial charge in [0.05, 0.1) is 6.04 Å². The van der Waals surface area contributed by atoms with E-state index in [9.17, 15) is 4.79 Å². The number of benzene rings is 1. The van der Waals surface area contributed by atoms with E-state index in [1.54, 1.807) is 16.3 Å². The Kier molecular flexibility index (Phi) is 7.26.